The van der Waals surface area contributed by atoms with Crippen LogP contribution in [0.4, 0.5) is 0 Å². The molecule has 0 aromatic rings. The van der Waals surface area contributed by atoms with Crippen molar-refractivity contribution in [1.29, 1.82) is 0 Å². The summed E-state index contributed by atoms with van der Waals surface area (Å²) in [4.78, 5) is 4.97. The maximum absolute atomic E-state index is 12.2. The minimum absolute atomic E-state index is 0.317. The van der Waals surface area contributed by atoms with Crippen LogP contribution in [0.25, 0.3) is 0 Å². The first-order valence-electron chi connectivity index (χ1n) is 10.5. The lowest BCUT2D eigenvalue weighted by Crippen LogP contribution is -2.47. The van der Waals surface area contributed by atoms with Crippen molar-refractivity contribution in [2.75, 3.05) is 32.6 Å². The summed E-state index contributed by atoms with van der Waals surface area (Å²) in [6, 6.07) is 0.389. The van der Waals surface area contributed by atoms with Gasteiger partial charge in [-0.1, -0.05) is 26.2 Å². The fourth-order valence-corrected chi connectivity index (χ4v) is 5.79. The van der Waals surface area contributed by atoms with E-state index in [0.29, 0.717) is 16.7 Å². The predicted octanol–water partition coefficient (Wildman–Crippen LogP) is 3.22. The molecule has 2 aliphatic rings. The summed E-state index contributed by atoms with van der Waals surface area (Å²) < 4.78 is 17.5. The highest BCUT2D eigenvalue weighted by Gasteiger charge is 2.33. The molecule has 0 aromatic carbocycles. The first-order chi connectivity index (χ1) is 12.6. The third-order valence-electron chi connectivity index (χ3n) is 6.04. The van der Waals surface area contributed by atoms with E-state index < -0.39 is 10.8 Å². The first kappa shape index (κ1) is 21.7. The fourth-order valence-electron chi connectivity index (χ4n) is 4.44. The average Bonchev–Trinajstić information content (AvgIpc) is 3.13. The molecule has 3 unspecified atom stereocenters. The van der Waals surface area contributed by atoms with Crippen LogP contribution >= 0.6 is 0 Å². The molecule has 0 heterocycles. The Balaban J connectivity index is 1.96. The first-order valence-corrected chi connectivity index (χ1v) is 11.9. The molecule has 2 rings (SSSR count). The zero-order valence-corrected chi connectivity index (χ0v) is 17.8. The molecule has 26 heavy (non-hydrogen) atoms. The van der Waals surface area contributed by atoms with Gasteiger partial charge in [-0.05, 0) is 50.9 Å². The van der Waals surface area contributed by atoms with Crippen molar-refractivity contribution >= 4 is 16.8 Å². The maximum atomic E-state index is 12.2. The van der Waals surface area contributed by atoms with E-state index in [4.69, 9.17) is 9.73 Å². The molecule has 0 saturated heterocycles. The lowest BCUT2D eigenvalue weighted by molar-refractivity contribution is 0.141. The monoisotopic (exact) mass is 385 g/mol. The zero-order chi connectivity index (χ0) is 18.8. The molecular formula is C20H39N3O2S. The number of hydrogen-bond donors (Lipinski definition) is 2. The summed E-state index contributed by atoms with van der Waals surface area (Å²) >= 11 is 0. The maximum Gasteiger partial charge on any atom is 0.191 e. The van der Waals surface area contributed by atoms with Crippen molar-refractivity contribution in [2.24, 2.45) is 10.4 Å². The van der Waals surface area contributed by atoms with Crippen LogP contribution in [0, 0.1) is 5.41 Å². The normalized spacial score (nSPS) is 27.3. The summed E-state index contributed by atoms with van der Waals surface area (Å²) in [5.41, 5.74) is 0.317. The van der Waals surface area contributed by atoms with E-state index in [-0.39, 0.29) is 0 Å². The Morgan fingerprint density at radius 3 is 2.65 bits per heavy atom. The van der Waals surface area contributed by atoms with Gasteiger partial charge in [-0.2, -0.15) is 0 Å². The van der Waals surface area contributed by atoms with Crippen LogP contribution in [-0.4, -0.2) is 54.0 Å². The standard InChI is InChI=1S/C20H39N3O2S/c1-4-21-19(22-16-20(13-14-25-3)11-6-7-12-20)23-17-9-8-10-18(15-17)26(24)5-2/h17-18H,4-16H2,1-3H3,(H2,21,22,23). The second kappa shape index (κ2) is 11.3. The fraction of sp³-hybridized carbons (Fsp3) is 0.950. The minimum Gasteiger partial charge on any atom is -0.385 e. The van der Waals surface area contributed by atoms with E-state index in [1.807, 2.05) is 6.92 Å². The van der Waals surface area contributed by atoms with Crippen molar-refractivity contribution in [3.05, 3.63) is 0 Å². The van der Waals surface area contributed by atoms with Crippen LogP contribution < -0.4 is 10.6 Å². The van der Waals surface area contributed by atoms with E-state index in [1.165, 1.54) is 25.7 Å². The van der Waals surface area contributed by atoms with Gasteiger partial charge in [0.25, 0.3) is 0 Å². The summed E-state index contributed by atoms with van der Waals surface area (Å²) in [6.07, 6.45) is 10.7. The highest BCUT2D eigenvalue weighted by molar-refractivity contribution is 7.85. The lowest BCUT2D eigenvalue weighted by atomic mass is 9.83. The number of methoxy groups -OCH3 is 1. The van der Waals surface area contributed by atoms with E-state index in [2.05, 4.69) is 17.6 Å². The van der Waals surface area contributed by atoms with Gasteiger partial charge in [-0.25, -0.2) is 0 Å². The number of rotatable bonds is 9. The average molecular weight is 386 g/mol. The summed E-state index contributed by atoms with van der Waals surface area (Å²) in [6.45, 7) is 6.71. The Morgan fingerprint density at radius 2 is 2.00 bits per heavy atom. The van der Waals surface area contributed by atoms with Gasteiger partial charge in [0.15, 0.2) is 5.96 Å². The molecule has 0 aromatic heterocycles. The molecular weight excluding hydrogens is 346 g/mol. The third kappa shape index (κ3) is 6.52. The molecule has 3 atom stereocenters. The van der Waals surface area contributed by atoms with Crippen LogP contribution in [0.3, 0.4) is 0 Å². The molecule has 5 nitrogen and oxygen atoms in total. The summed E-state index contributed by atoms with van der Waals surface area (Å²) in [7, 11) is 1.11. The van der Waals surface area contributed by atoms with Crippen LogP contribution in [0.5, 0.6) is 0 Å². The minimum atomic E-state index is -0.683. The largest absolute Gasteiger partial charge is 0.385 e. The molecule has 152 valence electrons. The number of hydrogen-bond acceptors (Lipinski definition) is 3. The number of ether oxygens (including phenoxy) is 1. The van der Waals surface area contributed by atoms with Gasteiger partial charge in [0.1, 0.15) is 0 Å². The Bertz CT molecular complexity index is 464. The topological polar surface area (TPSA) is 62.7 Å². The van der Waals surface area contributed by atoms with Crippen LogP contribution in [-0.2, 0) is 15.5 Å². The van der Waals surface area contributed by atoms with Crippen LogP contribution in [0.1, 0.15) is 71.6 Å². The predicted molar refractivity (Wildman–Crippen MR) is 111 cm³/mol. The van der Waals surface area contributed by atoms with E-state index in [1.54, 1.807) is 7.11 Å². The quantitative estimate of drug-likeness (QED) is 0.472. The van der Waals surface area contributed by atoms with E-state index in [0.717, 1.165) is 63.5 Å². The van der Waals surface area contributed by atoms with Crippen molar-refractivity contribution < 1.29 is 8.95 Å². The molecule has 2 aliphatic carbocycles. The van der Waals surface area contributed by atoms with Crippen LogP contribution in [0.15, 0.2) is 4.99 Å². The molecule has 0 spiro atoms. The van der Waals surface area contributed by atoms with Crippen molar-refractivity contribution in [1.82, 2.24) is 10.6 Å². The smallest absolute Gasteiger partial charge is 0.191 e. The van der Waals surface area contributed by atoms with Crippen molar-refractivity contribution in [2.45, 2.75) is 82.9 Å². The molecule has 2 fully saturated rings. The summed E-state index contributed by atoms with van der Waals surface area (Å²) in [5.74, 6) is 1.71. The molecule has 2 N–H and O–H groups in total. The van der Waals surface area contributed by atoms with E-state index >= 15 is 0 Å². The van der Waals surface area contributed by atoms with E-state index in [9.17, 15) is 4.21 Å². The van der Waals surface area contributed by atoms with Gasteiger partial charge in [0, 0.05) is 54.7 Å². The molecule has 0 amide bonds. The van der Waals surface area contributed by atoms with Gasteiger partial charge in [-0.15, -0.1) is 0 Å². The van der Waals surface area contributed by atoms with Gasteiger partial charge in [-0.3, -0.25) is 9.20 Å². The van der Waals surface area contributed by atoms with Gasteiger partial charge < -0.3 is 15.4 Å². The molecule has 0 aliphatic heterocycles. The SMILES string of the molecule is CCNC(=NCC1(CCOC)CCCC1)NC1CCCC(S(=O)CC)C1. The Hall–Kier alpha value is -0.620. The molecule has 0 bridgehead atoms. The van der Waals surface area contributed by atoms with Crippen molar-refractivity contribution in [3.8, 4) is 0 Å². The molecule has 2 saturated carbocycles. The van der Waals surface area contributed by atoms with Crippen molar-refractivity contribution in [3.63, 3.8) is 0 Å². The third-order valence-corrected chi connectivity index (χ3v) is 7.78. The highest BCUT2D eigenvalue weighted by Crippen LogP contribution is 2.41. The lowest BCUT2D eigenvalue weighted by Gasteiger charge is -2.31. The Labute approximate surface area is 162 Å². The summed E-state index contributed by atoms with van der Waals surface area (Å²) in [5, 5.41) is 7.40. The number of aliphatic imine (C=N–C) groups is 1. The zero-order valence-electron chi connectivity index (χ0n) is 17.0. The Kier molecular flexibility index (Phi) is 9.40. The van der Waals surface area contributed by atoms with Crippen LogP contribution in [0.2, 0.25) is 0 Å². The second-order valence-corrected chi connectivity index (χ2v) is 9.95. The number of guanidine groups is 1. The van der Waals surface area contributed by atoms with Gasteiger partial charge in [0.05, 0.1) is 0 Å². The number of nitrogens with one attached hydrogen (secondary N) is 2. The highest BCUT2D eigenvalue weighted by atomic mass is 32.2. The number of nitrogens with zero attached hydrogens (tertiary/aromatic N) is 1. The second-order valence-electron chi connectivity index (χ2n) is 7.94. The van der Waals surface area contributed by atoms with Gasteiger partial charge >= 0.3 is 0 Å². The molecule has 6 heteroatoms. The Morgan fingerprint density at radius 1 is 1.23 bits per heavy atom. The van der Waals surface area contributed by atoms with Gasteiger partial charge in [0.2, 0.25) is 0 Å². The molecule has 0 radical (unpaired) electrons.